The third-order valence-corrected chi connectivity index (χ3v) is 3.84. The van der Waals surface area contributed by atoms with Gasteiger partial charge in [-0.25, -0.2) is 8.42 Å². The first-order chi connectivity index (χ1) is 8.47. The van der Waals surface area contributed by atoms with Crippen LogP contribution < -0.4 is 5.73 Å². The van der Waals surface area contributed by atoms with Gasteiger partial charge in [0.05, 0.1) is 11.3 Å². The molecule has 4 nitrogen and oxygen atoms in total. The van der Waals surface area contributed by atoms with Crippen LogP contribution in [0.1, 0.15) is 18.0 Å². The Morgan fingerprint density at radius 1 is 1.28 bits per heavy atom. The molecule has 0 aliphatic heterocycles. The average Bonchev–Trinajstić information content (AvgIpc) is 2.34. The molecular weight excluding hydrogens is 248 g/mol. The van der Waals surface area contributed by atoms with Crippen molar-refractivity contribution in [2.75, 3.05) is 12.0 Å². The smallest absolute Gasteiger partial charge is 0.147 e. The molecule has 0 saturated heterocycles. The molecule has 1 aromatic heterocycles. The highest BCUT2D eigenvalue weighted by Gasteiger charge is 2.13. The summed E-state index contributed by atoms with van der Waals surface area (Å²) in [5.41, 5.74) is 7.81. The number of para-hydroxylation sites is 1. The Balaban J connectivity index is 2.30. The highest BCUT2D eigenvalue weighted by Crippen LogP contribution is 2.23. The van der Waals surface area contributed by atoms with Gasteiger partial charge in [0.25, 0.3) is 0 Å². The fourth-order valence-corrected chi connectivity index (χ4v) is 2.61. The molecule has 96 valence electrons. The molecule has 0 spiro atoms. The third-order valence-electron chi connectivity index (χ3n) is 2.86. The summed E-state index contributed by atoms with van der Waals surface area (Å²) in [6.45, 7) is 0. The molecule has 0 aliphatic rings. The highest BCUT2D eigenvalue weighted by atomic mass is 32.2. The van der Waals surface area contributed by atoms with Crippen molar-refractivity contribution in [3.63, 3.8) is 0 Å². The monoisotopic (exact) mass is 264 g/mol. The van der Waals surface area contributed by atoms with Crippen molar-refractivity contribution in [2.45, 2.75) is 12.5 Å². The summed E-state index contributed by atoms with van der Waals surface area (Å²) in [7, 11) is -2.98. The van der Waals surface area contributed by atoms with Crippen LogP contribution in [0.15, 0.2) is 36.5 Å². The van der Waals surface area contributed by atoms with Crippen LogP contribution >= 0.6 is 0 Å². The van der Waals surface area contributed by atoms with E-state index in [-0.39, 0.29) is 11.8 Å². The second kappa shape index (κ2) is 5.04. The van der Waals surface area contributed by atoms with Crippen molar-refractivity contribution in [3.05, 3.63) is 42.1 Å². The molecular formula is C13H16N2O2S. The van der Waals surface area contributed by atoms with Crippen molar-refractivity contribution in [3.8, 4) is 0 Å². The molecule has 1 aromatic carbocycles. The molecule has 0 bridgehead atoms. The fourth-order valence-electron chi connectivity index (χ4n) is 1.92. The van der Waals surface area contributed by atoms with Gasteiger partial charge >= 0.3 is 0 Å². The molecule has 18 heavy (non-hydrogen) atoms. The Morgan fingerprint density at radius 2 is 2.00 bits per heavy atom. The van der Waals surface area contributed by atoms with Gasteiger partial charge in [0.15, 0.2) is 0 Å². The minimum atomic E-state index is -2.98. The number of hydrogen-bond acceptors (Lipinski definition) is 4. The minimum Gasteiger partial charge on any atom is -0.324 e. The van der Waals surface area contributed by atoms with Crippen LogP contribution in [0.25, 0.3) is 10.9 Å². The summed E-state index contributed by atoms with van der Waals surface area (Å²) in [5, 5.41) is 1.02. The zero-order chi connectivity index (χ0) is 13.2. The van der Waals surface area contributed by atoms with Gasteiger partial charge in [0, 0.05) is 23.9 Å². The van der Waals surface area contributed by atoms with Crippen molar-refractivity contribution >= 4 is 20.7 Å². The number of fused-ring (bicyclic) bond motifs is 1. The molecule has 0 radical (unpaired) electrons. The second-order valence-corrected chi connectivity index (χ2v) is 6.71. The lowest BCUT2D eigenvalue weighted by Gasteiger charge is -2.13. The number of aromatic nitrogens is 1. The minimum absolute atomic E-state index is 0.0946. The van der Waals surface area contributed by atoms with Gasteiger partial charge in [-0.1, -0.05) is 24.3 Å². The van der Waals surface area contributed by atoms with E-state index in [1.54, 1.807) is 6.20 Å². The van der Waals surface area contributed by atoms with E-state index in [0.717, 1.165) is 16.5 Å². The molecule has 2 aromatic rings. The molecule has 5 heteroatoms. The first-order valence-electron chi connectivity index (χ1n) is 5.74. The maximum Gasteiger partial charge on any atom is 0.147 e. The Labute approximate surface area is 107 Å². The molecule has 0 saturated carbocycles. The van der Waals surface area contributed by atoms with Crippen LogP contribution in [0.4, 0.5) is 0 Å². The Kier molecular flexibility index (Phi) is 3.63. The maximum atomic E-state index is 11.2. The maximum absolute atomic E-state index is 11.2. The quantitative estimate of drug-likeness (QED) is 0.911. The van der Waals surface area contributed by atoms with E-state index < -0.39 is 9.84 Å². The summed E-state index contributed by atoms with van der Waals surface area (Å²) < 4.78 is 22.3. The molecule has 0 aliphatic carbocycles. The van der Waals surface area contributed by atoms with Crippen LogP contribution in [0.5, 0.6) is 0 Å². The van der Waals surface area contributed by atoms with Crippen molar-refractivity contribution in [1.82, 2.24) is 4.98 Å². The number of nitrogens with zero attached hydrogens (tertiary/aromatic N) is 1. The van der Waals surface area contributed by atoms with Crippen molar-refractivity contribution < 1.29 is 8.42 Å². The molecule has 2 rings (SSSR count). The summed E-state index contributed by atoms with van der Waals surface area (Å²) in [4.78, 5) is 4.32. The first kappa shape index (κ1) is 13.0. The number of hydrogen-bond donors (Lipinski definition) is 1. The topological polar surface area (TPSA) is 73.0 Å². The summed E-state index contributed by atoms with van der Waals surface area (Å²) >= 11 is 0. The van der Waals surface area contributed by atoms with Gasteiger partial charge < -0.3 is 5.73 Å². The number of benzene rings is 1. The van der Waals surface area contributed by atoms with Gasteiger partial charge in [-0.2, -0.15) is 0 Å². The zero-order valence-corrected chi connectivity index (χ0v) is 11.0. The highest BCUT2D eigenvalue weighted by molar-refractivity contribution is 7.90. The van der Waals surface area contributed by atoms with E-state index >= 15 is 0 Å². The van der Waals surface area contributed by atoms with Gasteiger partial charge in [0.2, 0.25) is 0 Å². The third kappa shape index (κ3) is 3.05. The van der Waals surface area contributed by atoms with Crippen LogP contribution in [0.2, 0.25) is 0 Å². The fraction of sp³-hybridized carbons (Fsp3) is 0.308. The second-order valence-electron chi connectivity index (χ2n) is 4.45. The molecule has 0 amide bonds. The predicted molar refractivity (Wildman–Crippen MR) is 73.0 cm³/mol. The molecule has 1 unspecified atom stereocenters. The normalized spacial score (nSPS) is 13.7. The van der Waals surface area contributed by atoms with Crippen LogP contribution in [-0.4, -0.2) is 25.4 Å². The molecule has 0 fully saturated rings. The number of nitrogens with two attached hydrogens (primary N) is 1. The van der Waals surface area contributed by atoms with E-state index in [4.69, 9.17) is 5.73 Å². The van der Waals surface area contributed by atoms with E-state index in [1.807, 2.05) is 30.3 Å². The van der Waals surface area contributed by atoms with E-state index in [2.05, 4.69) is 4.98 Å². The van der Waals surface area contributed by atoms with Gasteiger partial charge in [-0.05, 0) is 18.1 Å². The van der Waals surface area contributed by atoms with Gasteiger partial charge in [-0.15, -0.1) is 0 Å². The van der Waals surface area contributed by atoms with Crippen LogP contribution in [0, 0.1) is 0 Å². The summed E-state index contributed by atoms with van der Waals surface area (Å²) in [6.07, 6.45) is 3.35. The lowest BCUT2D eigenvalue weighted by molar-refractivity contribution is 0.592. The van der Waals surface area contributed by atoms with E-state index in [9.17, 15) is 8.42 Å². The lowest BCUT2D eigenvalue weighted by Crippen LogP contribution is -2.16. The summed E-state index contributed by atoms with van der Waals surface area (Å²) in [6, 6.07) is 9.32. The standard InChI is InChI=1S/C13H16N2O2S/c1-18(16,17)9-7-12(14)11-6-2-4-10-5-3-8-15-13(10)11/h2-6,8,12H,7,9,14H2,1H3. The van der Waals surface area contributed by atoms with E-state index in [0.29, 0.717) is 6.42 Å². The predicted octanol–water partition coefficient (Wildman–Crippen LogP) is 1.67. The number of sulfone groups is 1. The van der Waals surface area contributed by atoms with Crippen LogP contribution in [0.3, 0.4) is 0 Å². The lowest BCUT2D eigenvalue weighted by atomic mass is 10.0. The zero-order valence-electron chi connectivity index (χ0n) is 10.2. The van der Waals surface area contributed by atoms with Gasteiger partial charge in [-0.3, -0.25) is 4.98 Å². The Bertz CT molecular complexity index is 648. The molecule has 1 atom stereocenters. The summed E-state index contributed by atoms with van der Waals surface area (Å²) in [5.74, 6) is 0.0946. The SMILES string of the molecule is CS(=O)(=O)CCC(N)c1cccc2cccnc12. The van der Waals surface area contributed by atoms with Gasteiger partial charge in [0.1, 0.15) is 9.84 Å². The van der Waals surface area contributed by atoms with Crippen LogP contribution in [-0.2, 0) is 9.84 Å². The Morgan fingerprint density at radius 3 is 2.72 bits per heavy atom. The Hall–Kier alpha value is -1.46. The first-order valence-corrected chi connectivity index (χ1v) is 7.80. The van der Waals surface area contributed by atoms with Crippen molar-refractivity contribution in [2.24, 2.45) is 5.73 Å². The largest absolute Gasteiger partial charge is 0.324 e. The molecule has 2 N–H and O–H groups in total. The molecule has 1 heterocycles. The number of pyridine rings is 1. The number of rotatable bonds is 4. The van der Waals surface area contributed by atoms with Crippen molar-refractivity contribution in [1.29, 1.82) is 0 Å². The average molecular weight is 264 g/mol. The van der Waals surface area contributed by atoms with E-state index in [1.165, 1.54) is 6.26 Å².